The van der Waals surface area contributed by atoms with Crippen LogP contribution in [0.15, 0.2) is 22.7 Å². The van der Waals surface area contributed by atoms with Crippen LogP contribution in [0.25, 0.3) is 0 Å². The predicted octanol–water partition coefficient (Wildman–Crippen LogP) is 2.85. The summed E-state index contributed by atoms with van der Waals surface area (Å²) in [6, 6.07) is 2.91. The number of rotatable bonds is 4. The lowest BCUT2D eigenvalue weighted by atomic mass is 10.0. The maximum absolute atomic E-state index is 9.93. The van der Waals surface area contributed by atoms with E-state index in [0.29, 0.717) is 29.7 Å². The highest BCUT2D eigenvalue weighted by Gasteiger charge is 2.15. The van der Waals surface area contributed by atoms with Crippen LogP contribution in [0.1, 0.15) is 28.8 Å². The fourth-order valence-corrected chi connectivity index (χ4v) is 2.72. The molecule has 0 saturated heterocycles. The van der Waals surface area contributed by atoms with E-state index in [-0.39, 0.29) is 11.5 Å². The first-order valence-electron chi connectivity index (χ1n) is 6.22. The molecule has 106 valence electrons. The van der Waals surface area contributed by atoms with Crippen LogP contribution in [0, 0.1) is 6.92 Å². The molecule has 6 heteroatoms. The van der Waals surface area contributed by atoms with Crippen molar-refractivity contribution in [1.29, 1.82) is 0 Å². The second-order valence-corrected chi connectivity index (χ2v) is 5.40. The quantitative estimate of drug-likeness (QED) is 0.459. The average Bonchev–Trinajstić information content (AvgIpc) is 2.82. The molecule has 20 heavy (non-hydrogen) atoms. The highest BCUT2D eigenvalue weighted by atomic mass is 32.1. The Bertz CT molecular complexity index is 650. The second-order valence-electron chi connectivity index (χ2n) is 4.46. The highest BCUT2D eigenvalue weighted by Crippen LogP contribution is 2.29. The van der Waals surface area contributed by atoms with Crippen molar-refractivity contribution in [3.63, 3.8) is 0 Å². The van der Waals surface area contributed by atoms with E-state index < -0.39 is 0 Å². The minimum atomic E-state index is -0.110. The van der Waals surface area contributed by atoms with E-state index in [1.54, 1.807) is 6.07 Å². The van der Waals surface area contributed by atoms with Gasteiger partial charge in [-0.15, -0.1) is 11.3 Å². The summed E-state index contributed by atoms with van der Waals surface area (Å²) in [5, 5.41) is 34.8. The third-order valence-corrected chi connectivity index (χ3v) is 3.96. The molecule has 0 saturated carbocycles. The van der Waals surface area contributed by atoms with Crippen LogP contribution in [0.5, 0.6) is 11.5 Å². The Morgan fingerprint density at radius 3 is 2.60 bits per heavy atom. The topological polar surface area (TPSA) is 85.9 Å². The fourth-order valence-electron chi connectivity index (χ4n) is 1.95. The highest BCUT2D eigenvalue weighted by molar-refractivity contribution is 7.09. The van der Waals surface area contributed by atoms with Gasteiger partial charge in [-0.05, 0) is 25.0 Å². The second kappa shape index (κ2) is 5.92. The van der Waals surface area contributed by atoms with Crippen molar-refractivity contribution in [3.8, 4) is 11.5 Å². The summed E-state index contributed by atoms with van der Waals surface area (Å²) in [7, 11) is 0. The number of hydrogen-bond donors (Lipinski definition) is 3. The molecule has 0 spiro atoms. The van der Waals surface area contributed by atoms with Crippen LogP contribution in [0.3, 0.4) is 0 Å². The summed E-state index contributed by atoms with van der Waals surface area (Å²) in [6.07, 6.45) is 0.949. The molecule has 0 amide bonds. The molecular weight excluding hydrogens is 276 g/mol. The number of nitrogens with zero attached hydrogens (tertiary/aromatic N) is 2. The van der Waals surface area contributed by atoms with Gasteiger partial charge in [-0.3, -0.25) is 0 Å². The molecule has 0 bridgehead atoms. The Balaban J connectivity index is 2.37. The Hall–Kier alpha value is -2.08. The molecule has 2 rings (SSSR count). The third-order valence-electron chi connectivity index (χ3n) is 2.99. The van der Waals surface area contributed by atoms with E-state index in [9.17, 15) is 15.4 Å². The number of oxime groups is 1. The Labute approximate surface area is 120 Å². The normalized spacial score (nSPS) is 11.8. The summed E-state index contributed by atoms with van der Waals surface area (Å²) in [5.74, 6) is -0.0723. The lowest BCUT2D eigenvalue weighted by molar-refractivity contribution is 0.318. The number of aryl methyl sites for hydroxylation is 2. The van der Waals surface area contributed by atoms with Gasteiger partial charge in [0.25, 0.3) is 0 Å². The predicted molar refractivity (Wildman–Crippen MR) is 78.0 cm³/mol. The molecule has 3 N–H and O–H groups in total. The summed E-state index contributed by atoms with van der Waals surface area (Å²) < 4.78 is 0. The van der Waals surface area contributed by atoms with Gasteiger partial charge in [-0.25, -0.2) is 4.98 Å². The lowest BCUT2D eigenvalue weighted by Gasteiger charge is -2.09. The average molecular weight is 292 g/mol. The molecule has 0 aliphatic carbocycles. The number of phenols is 2. The minimum Gasteiger partial charge on any atom is -0.508 e. The van der Waals surface area contributed by atoms with Crippen LogP contribution >= 0.6 is 11.3 Å². The van der Waals surface area contributed by atoms with Crippen LogP contribution in [-0.2, 0) is 12.8 Å². The zero-order chi connectivity index (χ0) is 14.7. The van der Waals surface area contributed by atoms with Gasteiger partial charge in [0.2, 0.25) is 0 Å². The maximum Gasteiger partial charge on any atom is 0.128 e. The number of thiazole rings is 1. The molecule has 0 aliphatic heterocycles. The monoisotopic (exact) mass is 292 g/mol. The molecule has 0 unspecified atom stereocenters. The van der Waals surface area contributed by atoms with E-state index in [1.165, 1.54) is 17.4 Å². The van der Waals surface area contributed by atoms with Gasteiger partial charge in [0.1, 0.15) is 11.5 Å². The minimum absolute atomic E-state index is 0.0381. The summed E-state index contributed by atoms with van der Waals surface area (Å²) >= 11 is 1.47. The van der Waals surface area contributed by atoms with Crippen LogP contribution < -0.4 is 0 Å². The van der Waals surface area contributed by atoms with E-state index in [1.807, 2.05) is 19.2 Å². The van der Waals surface area contributed by atoms with Gasteiger partial charge < -0.3 is 15.4 Å². The van der Waals surface area contributed by atoms with Gasteiger partial charge in [-0.2, -0.15) is 0 Å². The first-order chi connectivity index (χ1) is 9.55. The molecule has 1 heterocycles. The number of hydrogen-bond acceptors (Lipinski definition) is 6. The van der Waals surface area contributed by atoms with Gasteiger partial charge in [0, 0.05) is 29.1 Å². The van der Waals surface area contributed by atoms with Crippen molar-refractivity contribution in [2.75, 3.05) is 0 Å². The zero-order valence-corrected chi connectivity index (χ0v) is 12.1. The van der Waals surface area contributed by atoms with Crippen molar-refractivity contribution in [1.82, 2.24) is 4.98 Å². The smallest absolute Gasteiger partial charge is 0.128 e. The molecule has 0 atom stereocenters. The van der Waals surface area contributed by atoms with Gasteiger partial charge >= 0.3 is 0 Å². The number of aromatic nitrogens is 1. The maximum atomic E-state index is 9.93. The van der Waals surface area contributed by atoms with E-state index in [2.05, 4.69) is 10.1 Å². The van der Waals surface area contributed by atoms with Crippen molar-refractivity contribution in [2.45, 2.75) is 26.7 Å². The van der Waals surface area contributed by atoms with Gasteiger partial charge in [0.05, 0.1) is 10.7 Å². The van der Waals surface area contributed by atoms with E-state index in [0.717, 1.165) is 10.7 Å². The molecule has 0 fully saturated rings. The van der Waals surface area contributed by atoms with Crippen LogP contribution in [-0.4, -0.2) is 26.1 Å². The molecule has 1 aromatic carbocycles. The molecule has 1 aromatic heterocycles. The Kier molecular flexibility index (Phi) is 4.24. The number of benzene rings is 1. The standard InChI is InChI=1S/C14H16N2O3S/c1-3-9-4-10(13(18)6-12(9)17)11(16-19)5-14-15-8(2)7-20-14/h4,6-7,17-19H,3,5H2,1-2H3. The van der Waals surface area contributed by atoms with E-state index >= 15 is 0 Å². The molecule has 0 radical (unpaired) electrons. The summed E-state index contributed by atoms with van der Waals surface area (Å²) in [5.41, 5.74) is 2.34. The van der Waals surface area contributed by atoms with Crippen molar-refractivity contribution in [2.24, 2.45) is 5.16 Å². The first-order valence-corrected chi connectivity index (χ1v) is 7.10. The molecule has 0 aliphatic rings. The fraction of sp³-hybridized carbons (Fsp3) is 0.286. The van der Waals surface area contributed by atoms with Crippen molar-refractivity contribution in [3.05, 3.63) is 39.3 Å². The van der Waals surface area contributed by atoms with Crippen LogP contribution in [0.4, 0.5) is 0 Å². The molecule has 2 aromatic rings. The summed E-state index contributed by atoms with van der Waals surface area (Å²) in [4.78, 5) is 4.31. The lowest BCUT2D eigenvalue weighted by Crippen LogP contribution is -2.06. The van der Waals surface area contributed by atoms with Gasteiger partial charge in [0.15, 0.2) is 0 Å². The number of phenolic OH excluding ortho intramolecular Hbond substituents is 2. The summed E-state index contributed by atoms with van der Waals surface area (Å²) in [6.45, 7) is 3.79. The van der Waals surface area contributed by atoms with Crippen molar-refractivity contribution < 1.29 is 15.4 Å². The van der Waals surface area contributed by atoms with Gasteiger partial charge in [-0.1, -0.05) is 12.1 Å². The molecule has 5 nitrogen and oxygen atoms in total. The molecular formula is C14H16N2O3S. The van der Waals surface area contributed by atoms with E-state index in [4.69, 9.17) is 0 Å². The SMILES string of the molecule is CCc1cc(C(Cc2nc(C)cs2)=NO)c(O)cc1O. The largest absolute Gasteiger partial charge is 0.508 e. The third kappa shape index (κ3) is 2.91. The zero-order valence-electron chi connectivity index (χ0n) is 11.3. The Morgan fingerprint density at radius 2 is 2.05 bits per heavy atom. The van der Waals surface area contributed by atoms with Crippen molar-refractivity contribution >= 4 is 17.0 Å². The Morgan fingerprint density at radius 1 is 1.30 bits per heavy atom. The van der Waals surface area contributed by atoms with Crippen LogP contribution in [0.2, 0.25) is 0 Å². The number of aromatic hydroxyl groups is 2. The first kappa shape index (κ1) is 14.3.